The summed E-state index contributed by atoms with van der Waals surface area (Å²) in [4.78, 5) is 12.0. The fourth-order valence-corrected chi connectivity index (χ4v) is 4.67. The van der Waals surface area contributed by atoms with Crippen molar-refractivity contribution in [2.75, 3.05) is 0 Å². The first kappa shape index (κ1) is 17.7. The van der Waals surface area contributed by atoms with E-state index in [1.807, 2.05) is 0 Å². The molecule has 0 aromatic heterocycles. The van der Waals surface area contributed by atoms with Crippen LogP contribution in [0.2, 0.25) is 0 Å². The zero-order valence-corrected chi connectivity index (χ0v) is 16.3. The average molecular weight is 377 g/mol. The van der Waals surface area contributed by atoms with Crippen LogP contribution in [0, 0.1) is 0 Å². The van der Waals surface area contributed by atoms with Gasteiger partial charge in [-0.25, -0.2) is 0 Å². The van der Waals surface area contributed by atoms with Gasteiger partial charge in [-0.2, -0.15) is 0 Å². The molecule has 5 rings (SSSR count). The van der Waals surface area contributed by atoms with E-state index in [1.165, 1.54) is 44.3 Å². The van der Waals surface area contributed by atoms with Gasteiger partial charge in [0, 0.05) is 5.92 Å². The van der Waals surface area contributed by atoms with Crippen LogP contribution < -0.4 is 5.32 Å². The van der Waals surface area contributed by atoms with Gasteiger partial charge in [-0.15, -0.1) is 0 Å². The molecule has 0 saturated carbocycles. The molecule has 0 saturated heterocycles. The first-order chi connectivity index (χ1) is 14.2. The molecule has 2 heteroatoms. The Kier molecular flexibility index (Phi) is 4.40. The number of hydrogen-bond acceptors (Lipinski definition) is 1. The summed E-state index contributed by atoms with van der Waals surface area (Å²) >= 11 is 0. The van der Waals surface area contributed by atoms with E-state index in [0.29, 0.717) is 5.92 Å². The molecule has 1 amide bonds. The number of carbonyl (C=O) groups is 1. The highest BCUT2D eigenvalue weighted by atomic mass is 16.1. The predicted molar refractivity (Wildman–Crippen MR) is 120 cm³/mol. The summed E-state index contributed by atoms with van der Waals surface area (Å²) in [6.07, 6.45) is 3.28. The number of rotatable bonds is 3. The fourth-order valence-electron chi connectivity index (χ4n) is 4.67. The molecule has 0 bridgehead atoms. The van der Waals surface area contributed by atoms with Gasteiger partial charge in [0.2, 0.25) is 5.91 Å². The van der Waals surface area contributed by atoms with E-state index < -0.39 is 0 Å². The van der Waals surface area contributed by atoms with Gasteiger partial charge in [-0.05, 0) is 63.2 Å². The number of carbonyl (C=O) groups excluding carboxylic acids is 1. The monoisotopic (exact) mass is 377 g/mol. The minimum atomic E-state index is -0.113. The second-order valence-corrected chi connectivity index (χ2v) is 7.83. The minimum Gasteiger partial charge on any atom is -0.346 e. The molecule has 0 spiro atoms. The van der Waals surface area contributed by atoms with Crippen LogP contribution >= 0.6 is 0 Å². The van der Waals surface area contributed by atoms with Crippen molar-refractivity contribution in [3.05, 3.63) is 108 Å². The van der Waals surface area contributed by atoms with Gasteiger partial charge in [0.05, 0.1) is 6.04 Å². The van der Waals surface area contributed by atoms with E-state index in [2.05, 4.69) is 90.8 Å². The summed E-state index contributed by atoms with van der Waals surface area (Å²) in [6.45, 7) is 3.61. The molecule has 2 nitrogen and oxygen atoms in total. The summed E-state index contributed by atoms with van der Waals surface area (Å²) in [5.41, 5.74) is 3.89. The predicted octanol–water partition coefficient (Wildman–Crippen LogP) is 6.26. The molecule has 2 atom stereocenters. The van der Waals surface area contributed by atoms with E-state index in [9.17, 15) is 4.79 Å². The van der Waals surface area contributed by atoms with E-state index in [4.69, 9.17) is 0 Å². The molecule has 142 valence electrons. The van der Waals surface area contributed by atoms with Gasteiger partial charge in [0.15, 0.2) is 0 Å². The van der Waals surface area contributed by atoms with Crippen LogP contribution in [0.4, 0.5) is 0 Å². The molecular weight excluding hydrogens is 354 g/mol. The van der Waals surface area contributed by atoms with Crippen LogP contribution in [0.25, 0.3) is 21.5 Å². The van der Waals surface area contributed by atoms with Crippen molar-refractivity contribution in [3.63, 3.8) is 0 Å². The fraction of sp³-hybridized carbons (Fsp3) is 0.148. The Labute approximate surface area is 170 Å². The van der Waals surface area contributed by atoms with Crippen molar-refractivity contribution in [3.8, 4) is 0 Å². The SMILES string of the molecule is C=CC(=O)N[C@@H]1CC[C@@H](c2ccc3ccccc3c2)c2cc3ccccc3cc21. The summed E-state index contributed by atoms with van der Waals surface area (Å²) in [6, 6.07) is 28.4. The maximum Gasteiger partial charge on any atom is 0.243 e. The highest BCUT2D eigenvalue weighted by Gasteiger charge is 2.29. The summed E-state index contributed by atoms with van der Waals surface area (Å²) in [5, 5.41) is 8.13. The second-order valence-electron chi connectivity index (χ2n) is 7.83. The van der Waals surface area contributed by atoms with Crippen LogP contribution in [0.3, 0.4) is 0 Å². The van der Waals surface area contributed by atoms with Crippen molar-refractivity contribution in [1.82, 2.24) is 5.32 Å². The smallest absolute Gasteiger partial charge is 0.243 e. The van der Waals surface area contributed by atoms with Crippen molar-refractivity contribution >= 4 is 27.5 Å². The summed E-state index contributed by atoms with van der Waals surface area (Å²) in [7, 11) is 0. The van der Waals surface area contributed by atoms with Gasteiger partial charge >= 0.3 is 0 Å². The standard InChI is InChI=1S/C27H23NO/c1-2-27(29)28-26-14-13-23(22-12-11-18-7-3-4-8-19(18)15-22)24-16-20-9-5-6-10-21(20)17-25(24)26/h2-12,15-17,23,26H,1,13-14H2,(H,28,29)/t23-,26+/m0/s1. The average Bonchev–Trinajstić information content (AvgIpc) is 2.77. The zero-order valence-electron chi connectivity index (χ0n) is 16.3. The molecule has 29 heavy (non-hydrogen) atoms. The molecule has 4 aromatic rings. The quantitative estimate of drug-likeness (QED) is 0.419. The molecular formula is C27H23NO. The van der Waals surface area contributed by atoms with Gasteiger partial charge < -0.3 is 5.32 Å². The van der Waals surface area contributed by atoms with Gasteiger partial charge in [-0.3, -0.25) is 4.79 Å². The molecule has 0 heterocycles. The Hall–Kier alpha value is -3.39. The molecule has 1 N–H and O–H groups in total. The first-order valence-corrected chi connectivity index (χ1v) is 10.2. The van der Waals surface area contributed by atoms with E-state index in [0.717, 1.165) is 12.8 Å². The normalized spacial score (nSPS) is 18.3. The summed E-state index contributed by atoms with van der Waals surface area (Å²) < 4.78 is 0. The van der Waals surface area contributed by atoms with Gasteiger partial charge in [-0.1, -0.05) is 79.4 Å². The minimum absolute atomic E-state index is 0.0248. The molecule has 4 aromatic carbocycles. The molecule has 1 aliphatic rings. The maximum atomic E-state index is 12.0. The second kappa shape index (κ2) is 7.21. The molecule has 1 aliphatic carbocycles. The molecule has 0 aliphatic heterocycles. The third kappa shape index (κ3) is 3.21. The van der Waals surface area contributed by atoms with E-state index in [-0.39, 0.29) is 11.9 Å². The highest BCUT2D eigenvalue weighted by molar-refractivity contribution is 5.88. The Morgan fingerprint density at radius 2 is 1.41 bits per heavy atom. The topological polar surface area (TPSA) is 29.1 Å². The van der Waals surface area contributed by atoms with Crippen LogP contribution in [0.1, 0.15) is 41.5 Å². The molecule has 0 fully saturated rings. The number of hydrogen-bond donors (Lipinski definition) is 1. The molecule has 0 unspecified atom stereocenters. The van der Waals surface area contributed by atoms with Crippen molar-refractivity contribution in [1.29, 1.82) is 0 Å². The lowest BCUT2D eigenvalue weighted by Gasteiger charge is -2.33. The van der Waals surface area contributed by atoms with E-state index >= 15 is 0 Å². The lowest BCUT2D eigenvalue weighted by Crippen LogP contribution is -2.30. The van der Waals surface area contributed by atoms with Gasteiger partial charge in [0.1, 0.15) is 0 Å². The lowest BCUT2D eigenvalue weighted by atomic mass is 9.75. The molecule has 0 radical (unpaired) electrons. The third-order valence-electron chi connectivity index (χ3n) is 6.12. The van der Waals surface area contributed by atoms with E-state index in [1.54, 1.807) is 0 Å². The Bertz CT molecular complexity index is 1240. The Morgan fingerprint density at radius 1 is 0.793 bits per heavy atom. The maximum absolute atomic E-state index is 12.0. The summed E-state index contributed by atoms with van der Waals surface area (Å²) in [5.74, 6) is 0.217. The van der Waals surface area contributed by atoms with Crippen molar-refractivity contribution < 1.29 is 4.79 Å². The number of nitrogens with one attached hydrogen (secondary N) is 1. The van der Waals surface area contributed by atoms with Crippen LogP contribution in [0.5, 0.6) is 0 Å². The van der Waals surface area contributed by atoms with Crippen molar-refractivity contribution in [2.24, 2.45) is 0 Å². The van der Waals surface area contributed by atoms with Crippen LogP contribution in [-0.4, -0.2) is 5.91 Å². The highest BCUT2D eigenvalue weighted by Crippen LogP contribution is 2.43. The zero-order chi connectivity index (χ0) is 19.8. The first-order valence-electron chi connectivity index (χ1n) is 10.2. The Balaban J connectivity index is 1.65. The lowest BCUT2D eigenvalue weighted by molar-refractivity contribution is -0.117. The third-order valence-corrected chi connectivity index (χ3v) is 6.12. The van der Waals surface area contributed by atoms with Crippen LogP contribution in [0.15, 0.2) is 91.5 Å². The largest absolute Gasteiger partial charge is 0.346 e. The van der Waals surface area contributed by atoms with Crippen molar-refractivity contribution in [2.45, 2.75) is 24.8 Å². The Morgan fingerprint density at radius 3 is 2.10 bits per heavy atom. The van der Waals surface area contributed by atoms with Crippen LogP contribution in [-0.2, 0) is 4.79 Å². The number of fused-ring (bicyclic) bond motifs is 3. The number of amides is 1. The van der Waals surface area contributed by atoms with Gasteiger partial charge in [0.25, 0.3) is 0 Å². The number of benzene rings is 4.